The average molecular weight is 278 g/mol. The van der Waals surface area contributed by atoms with E-state index in [0.717, 1.165) is 41.4 Å². The minimum atomic E-state index is 0.561. The van der Waals surface area contributed by atoms with Crippen LogP contribution >= 0.6 is 11.3 Å². The summed E-state index contributed by atoms with van der Waals surface area (Å²) in [7, 11) is 1.91. The number of hydrogen-bond acceptors (Lipinski definition) is 5. The van der Waals surface area contributed by atoms with Gasteiger partial charge in [-0.1, -0.05) is 13.8 Å². The standard InChI is InChI=1S/C14H22N4S/c1-5-10(3)18(6-2)9-12-16-13(15-4)11-7-8-19-14(11)17-12/h7-8,10H,5-6,9H2,1-4H3,(H,15,16,17). The lowest BCUT2D eigenvalue weighted by molar-refractivity contribution is 0.201. The summed E-state index contributed by atoms with van der Waals surface area (Å²) in [5.74, 6) is 1.84. The summed E-state index contributed by atoms with van der Waals surface area (Å²) in [4.78, 5) is 12.8. The smallest absolute Gasteiger partial charge is 0.146 e. The summed E-state index contributed by atoms with van der Waals surface area (Å²) in [5.41, 5.74) is 0. The molecule has 2 aromatic rings. The third kappa shape index (κ3) is 3.04. The molecule has 0 aliphatic rings. The van der Waals surface area contributed by atoms with E-state index >= 15 is 0 Å². The summed E-state index contributed by atoms with van der Waals surface area (Å²) >= 11 is 1.67. The zero-order valence-electron chi connectivity index (χ0n) is 12.1. The normalized spacial score (nSPS) is 13.1. The van der Waals surface area contributed by atoms with Crippen molar-refractivity contribution in [3.63, 3.8) is 0 Å². The van der Waals surface area contributed by atoms with Crippen LogP contribution in [0, 0.1) is 0 Å². The molecule has 0 aliphatic carbocycles. The first kappa shape index (κ1) is 14.2. The molecule has 2 aromatic heterocycles. The Morgan fingerprint density at radius 3 is 2.79 bits per heavy atom. The van der Waals surface area contributed by atoms with Crippen LogP contribution in [0.1, 0.15) is 33.0 Å². The number of nitrogens with one attached hydrogen (secondary N) is 1. The monoisotopic (exact) mass is 278 g/mol. The van der Waals surface area contributed by atoms with Crippen molar-refractivity contribution in [2.24, 2.45) is 0 Å². The maximum Gasteiger partial charge on any atom is 0.146 e. The Kier molecular flexibility index (Phi) is 4.71. The highest BCUT2D eigenvalue weighted by Crippen LogP contribution is 2.25. The van der Waals surface area contributed by atoms with Crippen molar-refractivity contribution in [3.8, 4) is 0 Å². The second-order valence-electron chi connectivity index (χ2n) is 4.70. The Labute approximate surface area is 118 Å². The van der Waals surface area contributed by atoms with E-state index in [4.69, 9.17) is 0 Å². The minimum absolute atomic E-state index is 0.561. The highest BCUT2D eigenvalue weighted by atomic mass is 32.1. The molecule has 0 aliphatic heterocycles. The zero-order valence-corrected chi connectivity index (χ0v) is 12.9. The minimum Gasteiger partial charge on any atom is -0.372 e. The van der Waals surface area contributed by atoms with Crippen LogP contribution in [0.3, 0.4) is 0 Å². The Morgan fingerprint density at radius 1 is 1.37 bits per heavy atom. The molecular weight excluding hydrogens is 256 g/mol. The van der Waals surface area contributed by atoms with Crippen molar-refractivity contribution in [3.05, 3.63) is 17.3 Å². The van der Waals surface area contributed by atoms with Gasteiger partial charge in [0.25, 0.3) is 0 Å². The number of fused-ring (bicyclic) bond motifs is 1. The first-order chi connectivity index (χ1) is 9.19. The fourth-order valence-electron chi connectivity index (χ4n) is 2.18. The molecule has 0 amide bonds. The maximum absolute atomic E-state index is 4.67. The van der Waals surface area contributed by atoms with Gasteiger partial charge in [0, 0.05) is 13.1 Å². The van der Waals surface area contributed by atoms with E-state index in [1.165, 1.54) is 0 Å². The SMILES string of the molecule is CCC(C)N(CC)Cc1nc(NC)c2ccsc2n1. The summed E-state index contributed by atoms with van der Waals surface area (Å²) in [6.07, 6.45) is 1.15. The molecule has 19 heavy (non-hydrogen) atoms. The van der Waals surface area contributed by atoms with E-state index in [0.29, 0.717) is 6.04 Å². The molecule has 1 atom stereocenters. The Morgan fingerprint density at radius 2 is 2.16 bits per heavy atom. The van der Waals surface area contributed by atoms with Gasteiger partial charge in [-0.05, 0) is 31.3 Å². The lowest BCUT2D eigenvalue weighted by Crippen LogP contribution is -2.32. The predicted molar refractivity (Wildman–Crippen MR) is 82.8 cm³/mol. The second kappa shape index (κ2) is 6.30. The van der Waals surface area contributed by atoms with E-state index in [9.17, 15) is 0 Å². The van der Waals surface area contributed by atoms with Crippen molar-refractivity contribution in [1.29, 1.82) is 0 Å². The molecule has 2 heterocycles. The molecule has 2 rings (SSSR count). The third-order valence-corrected chi connectivity index (χ3v) is 4.38. The molecule has 0 fully saturated rings. The quantitative estimate of drug-likeness (QED) is 0.879. The molecule has 104 valence electrons. The highest BCUT2D eigenvalue weighted by molar-refractivity contribution is 7.16. The summed E-state index contributed by atoms with van der Waals surface area (Å²) in [6, 6.07) is 2.63. The van der Waals surface area contributed by atoms with Gasteiger partial charge < -0.3 is 5.32 Å². The van der Waals surface area contributed by atoms with Crippen LogP contribution in [0.25, 0.3) is 10.2 Å². The molecular formula is C14H22N4S. The first-order valence-corrected chi connectivity index (χ1v) is 7.73. The summed E-state index contributed by atoms with van der Waals surface area (Å²) in [6.45, 7) is 8.50. The topological polar surface area (TPSA) is 41.1 Å². The van der Waals surface area contributed by atoms with Gasteiger partial charge in [0.15, 0.2) is 0 Å². The average Bonchev–Trinajstić information content (AvgIpc) is 2.91. The third-order valence-electron chi connectivity index (χ3n) is 3.57. The van der Waals surface area contributed by atoms with E-state index in [1.807, 2.05) is 7.05 Å². The molecule has 1 N–H and O–H groups in total. The molecule has 0 radical (unpaired) electrons. The Hall–Kier alpha value is -1.20. The largest absolute Gasteiger partial charge is 0.372 e. The Balaban J connectivity index is 2.29. The van der Waals surface area contributed by atoms with E-state index in [-0.39, 0.29) is 0 Å². The first-order valence-electron chi connectivity index (χ1n) is 6.85. The molecule has 0 spiro atoms. The molecule has 0 aromatic carbocycles. The fraction of sp³-hybridized carbons (Fsp3) is 0.571. The number of anilines is 1. The van der Waals surface area contributed by atoms with Crippen molar-refractivity contribution in [1.82, 2.24) is 14.9 Å². The van der Waals surface area contributed by atoms with Crippen molar-refractivity contribution in [2.75, 3.05) is 18.9 Å². The van der Waals surface area contributed by atoms with Crippen LogP contribution in [0.15, 0.2) is 11.4 Å². The fourth-order valence-corrected chi connectivity index (χ4v) is 2.96. The number of thiophene rings is 1. The molecule has 1 unspecified atom stereocenters. The molecule has 0 bridgehead atoms. The number of hydrogen-bond donors (Lipinski definition) is 1. The highest BCUT2D eigenvalue weighted by Gasteiger charge is 2.14. The number of aromatic nitrogens is 2. The van der Waals surface area contributed by atoms with Gasteiger partial charge in [0.2, 0.25) is 0 Å². The van der Waals surface area contributed by atoms with Crippen LogP contribution in [-0.4, -0.2) is 34.5 Å². The van der Waals surface area contributed by atoms with Gasteiger partial charge in [0.1, 0.15) is 16.5 Å². The summed E-state index contributed by atoms with van der Waals surface area (Å²) in [5, 5.41) is 6.35. The maximum atomic E-state index is 4.67. The van der Waals surface area contributed by atoms with Gasteiger partial charge >= 0.3 is 0 Å². The molecule has 4 nitrogen and oxygen atoms in total. The van der Waals surface area contributed by atoms with Crippen LogP contribution in [0.5, 0.6) is 0 Å². The lowest BCUT2D eigenvalue weighted by atomic mass is 10.2. The molecule has 0 saturated carbocycles. The van der Waals surface area contributed by atoms with Gasteiger partial charge in [-0.25, -0.2) is 9.97 Å². The van der Waals surface area contributed by atoms with Crippen LogP contribution in [0.4, 0.5) is 5.82 Å². The summed E-state index contributed by atoms with van der Waals surface area (Å²) < 4.78 is 0. The zero-order chi connectivity index (χ0) is 13.8. The van der Waals surface area contributed by atoms with Crippen LogP contribution < -0.4 is 5.32 Å². The lowest BCUT2D eigenvalue weighted by Gasteiger charge is -2.26. The van der Waals surface area contributed by atoms with E-state index in [2.05, 4.69) is 52.4 Å². The van der Waals surface area contributed by atoms with Gasteiger partial charge in [-0.15, -0.1) is 11.3 Å². The molecule has 5 heteroatoms. The number of nitrogens with zero attached hydrogens (tertiary/aromatic N) is 3. The van der Waals surface area contributed by atoms with Crippen LogP contribution in [0.2, 0.25) is 0 Å². The van der Waals surface area contributed by atoms with Gasteiger partial charge in [0.05, 0.1) is 11.9 Å². The van der Waals surface area contributed by atoms with Crippen molar-refractivity contribution in [2.45, 2.75) is 39.8 Å². The second-order valence-corrected chi connectivity index (χ2v) is 5.59. The van der Waals surface area contributed by atoms with Crippen molar-refractivity contribution < 1.29 is 0 Å². The number of rotatable bonds is 6. The molecule has 0 saturated heterocycles. The van der Waals surface area contributed by atoms with Gasteiger partial charge in [-0.2, -0.15) is 0 Å². The van der Waals surface area contributed by atoms with Crippen molar-refractivity contribution >= 4 is 27.4 Å². The predicted octanol–water partition coefficient (Wildman–Crippen LogP) is 3.35. The van der Waals surface area contributed by atoms with E-state index in [1.54, 1.807) is 11.3 Å². The van der Waals surface area contributed by atoms with E-state index < -0.39 is 0 Å². The van der Waals surface area contributed by atoms with Crippen LogP contribution in [-0.2, 0) is 6.54 Å². The Bertz CT molecular complexity index is 537. The van der Waals surface area contributed by atoms with Gasteiger partial charge in [-0.3, -0.25) is 4.90 Å².